The highest BCUT2D eigenvalue weighted by molar-refractivity contribution is 5.76. The maximum absolute atomic E-state index is 12.5. The fourth-order valence-electron chi connectivity index (χ4n) is 0.470. The summed E-state index contributed by atoms with van der Waals surface area (Å²) in [5.74, 6) is -8.60. The second-order valence-corrected chi connectivity index (χ2v) is 2.31. The van der Waals surface area contributed by atoms with Gasteiger partial charge in [0.05, 0.1) is 0 Å². The van der Waals surface area contributed by atoms with Gasteiger partial charge in [-0.2, -0.15) is 26.3 Å². The van der Waals surface area contributed by atoms with E-state index in [0.29, 0.717) is 0 Å². The van der Waals surface area contributed by atoms with Crippen LogP contribution in [0.4, 0.5) is 26.3 Å². The predicted octanol–water partition coefficient (Wildman–Crippen LogP) is 1.93. The third-order valence-corrected chi connectivity index (χ3v) is 0.960. The molecule has 0 aliphatic heterocycles. The second kappa shape index (κ2) is 3.30. The Hall–Kier alpha value is -0.990. The van der Waals surface area contributed by atoms with Crippen LogP contribution in [0.15, 0.2) is 0 Å². The molecule has 0 aromatic carbocycles. The van der Waals surface area contributed by atoms with Crippen LogP contribution in [0.3, 0.4) is 0 Å². The largest absolute Gasteiger partial charge is 0.477 e. The molecule has 0 bridgehead atoms. The number of hydrogen-bond donors (Lipinski definition) is 1. The van der Waals surface area contributed by atoms with E-state index in [1.165, 1.54) is 0 Å². The molecular weight excluding hydrogens is 222 g/mol. The summed E-state index contributed by atoms with van der Waals surface area (Å²) in [6.45, 7) is -0.212. The van der Waals surface area contributed by atoms with Gasteiger partial charge in [-0.1, -0.05) is 0 Å². The van der Waals surface area contributed by atoms with Gasteiger partial charge in [0.2, 0.25) is 0 Å². The maximum atomic E-state index is 12.5. The lowest BCUT2D eigenvalue weighted by Crippen LogP contribution is -2.53. The summed E-state index contributed by atoms with van der Waals surface area (Å²) in [6.07, 6.45) is -10.6. The normalized spacial score (nSPS) is 17.6. The summed E-state index contributed by atoms with van der Waals surface area (Å²) in [4.78, 5) is 9.79. The molecule has 0 aliphatic rings. The van der Waals surface area contributed by atoms with E-state index < -0.39 is 24.1 Å². The van der Waals surface area contributed by atoms with Crippen LogP contribution in [-0.2, 0) is 9.53 Å². The van der Waals surface area contributed by atoms with Gasteiger partial charge >= 0.3 is 24.1 Å². The van der Waals surface area contributed by atoms with Crippen molar-refractivity contribution in [3.05, 3.63) is 0 Å². The zero-order chi connectivity index (χ0) is 11.8. The number of aliphatic carboxylic acids is 1. The van der Waals surface area contributed by atoms with Crippen molar-refractivity contribution in [3.63, 3.8) is 0 Å². The van der Waals surface area contributed by atoms with E-state index in [1.807, 2.05) is 0 Å². The van der Waals surface area contributed by atoms with E-state index >= 15 is 0 Å². The van der Waals surface area contributed by atoms with E-state index in [4.69, 9.17) is 5.11 Å². The Bertz CT molecular complexity index is 231. The van der Waals surface area contributed by atoms with E-state index in [0.717, 1.165) is 0 Å². The topological polar surface area (TPSA) is 46.5 Å². The van der Waals surface area contributed by atoms with Gasteiger partial charge in [0, 0.05) is 6.92 Å². The molecule has 0 aromatic heterocycles. The van der Waals surface area contributed by atoms with Crippen LogP contribution in [0.1, 0.15) is 6.92 Å². The van der Waals surface area contributed by atoms with Gasteiger partial charge in [0.15, 0.2) is 0 Å². The zero-order valence-electron chi connectivity index (χ0n) is 6.53. The fraction of sp³-hybridized carbons (Fsp3) is 0.800. The molecule has 1 atom stereocenters. The molecule has 0 amide bonds. The number of carboxylic acids is 1. The summed E-state index contributed by atoms with van der Waals surface area (Å²) < 4.78 is 73.8. The highest BCUT2D eigenvalue weighted by atomic mass is 19.4. The highest BCUT2D eigenvalue weighted by Crippen LogP contribution is 2.39. The third kappa shape index (κ3) is 2.76. The highest BCUT2D eigenvalue weighted by Gasteiger charge is 2.67. The Balaban J connectivity index is 5.04. The van der Waals surface area contributed by atoms with Crippen molar-refractivity contribution in [2.45, 2.75) is 25.1 Å². The number of hydrogen-bond acceptors (Lipinski definition) is 2. The second-order valence-electron chi connectivity index (χ2n) is 2.31. The smallest absolute Gasteiger partial charge is 0.460 e. The molecule has 0 rings (SSSR count). The number of halogens is 6. The van der Waals surface area contributed by atoms with Crippen molar-refractivity contribution in [3.8, 4) is 0 Å². The van der Waals surface area contributed by atoms with Crippen LogP contribution in [-0.4, -0.2) is 29.2 Å². The van der Waals surface area contributed by atoms with Gasteiger partial charge in [0.25, 0.3) is 0 Å². The summed E-state index contributed by atoms with van der Waals surface area (Å²) >= 11 is 0. The number of carbonyl (C=O) groups is 1. The Morgan fingerprint density at radius 3 is 1.57 bits per heavy atom. The van der Waals surface area contributed by atoms with Crippen molar-refractivity contribution < 1.29 is 41.0 Å². The number of ether oxygens (including phenoxy) is 1. The number of carboxylic acid groups (broad SMARTS) is 1. The van der Waals surface area contributed by atoms with Gasteiger partial charge in [-0.3, -0.25) is 4.74 Å². The number of alkyl halides is 6. The fourth-order valence-corrected chi connectivity index (χ4v) is 0.470. The van der Waals surface area contributed by atoms with Gasteiger partial charge < -0.3 is 5.11 Å². The van der Waals surface area contributed by atoms with Gasteiger partial charge in [-0.25, -0.2) is 4.79 Å². The Labute approximate surface area is 73.3 Å². The summed E-state index contributed by atoms with van der Waals surface area (Å²) in [7, 11) is 0. The molecule has 0 fully saturated rings. The van der Waals surface area contributed by atoms with E-state index in [1.54, 1.807) is 0 Å². The van der Waals surface area contributed by atoms with Gasteiger partial charge in [-0.15, -0.1) is 0 Å². The first-order valence-corrected chi connectivity index (χ1v) is 2.97. The molecule has 1 N–H and O–H groups in total. The van der Waals surface area contributed by atoms with Crippen LogP contribution >= 0.6 is 0 Å². The van der Waals surface area contributed by atoms with Crippen LogP contribution in [0.2, 0.25) is 0 Å². The molecule has 0 radical (unpaired) electrons. The maximum Gasteiger partial charge on any atom is 0.460 e. The molecular formula is C5H4F6O3. The van der Waals surface area contributed by atoms with Crippen molar-refractivity contribution >= 4 is 5.97 Å². The molecule has 84 valence electrons. The first-order chi connectivity index (χ1) is 5.90. The number of rotatable bonds is 3. The molecule has 0 aliphatic carbocycles. The first kappa shape index (κ1) is 13.0. The summed E-state index contributed by atoms with van der Waals surface area (Å²) in [5, 5.41) is 7.78. The van der Waals surface area contributed by atoms with Gasteiger partial charge in [-0.05, 0) is 0 Å². The lowest BCUT2D eigenvalue weighted by molar-refractivity contribution is -0.393. The lowest BCUT2D eigenvalue weighted by atomic mass is 10.3. The summed E-state index contributed by atoms with van der Waals surface area (Å²) in [5.41, 5.74) is 0. The standard InChI is InChI=1S/C5H4F6O3/c1-3(6,7)14-4(8,2(12)13)5(9,10)11/h1H3,(H,12,13). The minimum Gasteiger partial charge on any atom is -0.477 e. The SMILES string of the molecule is CC(F)(F)OC(F)(C(=O)O)C(F)(F)F. The monoisotopic (exact) mass is 226 g/mol. The van der Waals surface area contributed by atoms with Crippen LogP contribution in [0.25, 0.3) is 0 Å². The Kier molecular flexibility index (Phi) is 3.06. The molecule has 0 heterocycles. The molecule has 0 saturated carbocycles. The minimum absolute atomic E-state index is 0.212. The van der Waals surface area contributed by atoms with Crippen LogP contribution in [0.5, 0.6) is 0 Å². The van der Waals surface area contributed by atoms with Crippen LogP contribution < -0.4 is 0 Å². The van der Waals surface area contributed by atoms with Crippen LogP contribution in [0, 0.1) is 0 Å². The molecule has 0 spiro atoms. The first-order valence-electron chi connectivity index (χ1n) is 2.97. The molecule has 3 nitrogen and oxygen atoms in total. The molecule has 0 aromatic rings. The average molecular weight is 226 g/mol. The van der Waals surface area contributed by atoms with Crippen molar-refractivity contribution in [2.24, 2.45) is 0 Å². The Morgan fingerprint density at radius 2 is 1.50 bits per heavy atom. The molecule has 0 saturated heterocycles. The molecule has 1 unspecified atom stereocenters. The lowest BCUT2D eigenvalue weighted by Gasteiger charge is -2.26. The van der Waals surface area contributed by atoms with Gasteiger partial charge in [0.1, 0.15) is 0 Å². The van der Waals surface area contributed by atoms with Crippen molar-refractivity contribution in [1.29, 1.82) is 0 Å². The zero-order valence-corrected chi connectivity index (χ0v) is 6.53. The van der Waals surface area contributed by atoms with Crippen molar-refractivity contribution in [2.75, 3.05) is 0 Å². The molecule has 14 heavy (non-hydrogen) atoms. The Morgan fingerprint density at radius 1 is 1.14 bits per heavy atom. The summed E-state index contributed by atoms with van der Waals surface area (Å²) in [6, 6.07) is 0. The van der Waals surface area contributed by atoms with E-state index in [-0.39, 0.29) is 6.92 Å². The quantitative estimate of drug-likeness (QED) is 0.748. The van der Waals surface area contributed by atoms with Crippen molar-refractivity contribution in [1.82, 2.24) is 0 Å². The third-order valence-electron chi connectivity index (χ3n) is 0.960. The predicted molar refractivity (Wildman–Crippen MR) is 29.2 cm³/mol. The average Bonchev–Trinajstić information content (AvgIpc) is 1.79. The molecule has 9 heteroatoms. The van der Waals surface area contributed by atoms with E-state index in [9.17, 15) is 31.1 Å². The van der Waals surface area contributed by atoms with E-state index in [2.05, 4.69) is 4.74 Å². The minimum atomic E-state index is -6.09.